The molecule has 0 saturated carbocycles. The number of aryl methyl sites for hydroxylation is 1. The maximum absolute atomic E-state index is 4.44. The molecule has 106 valence electrons. The molecule has 0 amide bonds. The number of H-pyrrole nitrogens is 1. The van der Waals surface area contributed by atoms with Gasteiger partial charge in [0.15, 0.2) is 0 Å². The second-order valence-electron chi connectivity index (χ2n) is 4.01. The van der Waals surface area contributed by atoms with Gasteiger partial charge in [-0.3, -0.25) is 10.1 Å². The molecule has 5 nitrogen and oxygen atoms in total. The first-order chi connectivity index (χ1) is 9.79. The van der Waals surface area contributed by atoms with E-state index in [1.54, 1.807) is 24.7 Å². The monoisotopic (exact) mass is 271 g/mol. The van der Waals surface area contributed by atoms with E-state index in [-0.39, 0.29) is 0 Å². The highest BCUT2D eigenvalue weighted by Gasteiger charge is 2.04. The third-order valence-electron chi connectivity index (χ3n) is 2.41. The molecule has 0 unspecified atom stereocenters. The van der Waals surface area contributed by atoms with Crippen LogP contribution in [-0.4, -0.2) is 28.7 Å². The summed E-state index contributed by atoms with van der Waals surface area (Å²) in [7, 11) is 0. The minimum absolute atomic E-state index is 0.670. The SMILES string of the molecule is C=CCN/N=C\C/C=C/N=C(/C=C/C)c1cn[nH]c1C. The number of nitrogens with zero attached hydrogens (tertiary/aromatic N) is 3. The van der Waals surface area contributed by atoms with Gasteiger partial charge in [0.05, 0.1) is 18.5 Å². The van der Waals surface area contributed by atoms with Gasteiger partial charge in [0.2, 0.25) is 0 Å². The molecule has 0 aliphatic carbocycles. The molecule has 1 heterocycles. The summed E-state index contributed by atoms with van der Waals surface area (Å²) in [5, 5.41) is 10.9. The van der Waals surface area contributed by atoms with Gasteiger partial charge in [-0.15, -0.1) is 6.58 Å². The van der Waals surface area contributed by atoms with Crippen molar-refractivity contribution in [1.29, 1.82) is 0 Å². The summed E-state index contributed by atoms with van der Waals surface area (Å²) in [5.74, 6) is 0. The van der Waals surface area contributed by atoms with Crippen molar-refractivity contribution in [3.8, 4) is 0 Å². The summed E-state index contributed by atoms with van der Waals surface area (Å²) in [4.78, 5) is 4.44. The lowest BCUT2D eigenvalue weighted by Crippen LogP contribution is -2.03. The normalized spacial score (nSPS) is 12.8. The Morgan fingerprint density at radius 1 is 1.55 bits per heavy atom. The van der Waals surface area contributed by atoms with Gasteiger partial charge in [0.1, 0.15) is 0 Å². The lowest BCUT2D eigenvalue weighted by Gasteiger charge is -1.97. The van der Waals surface area contributed by atoms with Crippen LogP contribution in [0.15, 0.2) is 53.4 Å². The van der Waals surface area contributed by atoms with E-state index < -0.39 is 0 Å². The van der Waals surface area contributed by atoms with Crippen molar-refractivity contribution in [3.63, 3.8) is 0 Å². The Hall–Kier alpha value is -2.43. The molecule has 5 heteroatoms. The molecule has 0 radical (unpaired) electrons. The van der Waals surface area contributed by atoms with E-state index in [4.69, 9.17) is 0 Å². The van der Waals surface area contributed by atoms with E-state index in [2.05, 4.69) is 32.3 Å². The molecule has 20 heavy (non-hydrogen) atoms. The molecule has 2 N–H and O–H groups in total. The third kappa shape index (κ3) is 5.48. The van der Waals surface area contributed by atoms with Crippen molar-refractivity contribution in [2.75, 3.05) is 6.54 Å². The maximum atomic E-state index is 4.44. The number of aliphatic imine (C=N–C) groups is 1. The Kier molecular flexibility index (Phi) is 7.42. The molecule has 0 atom stereocenters. The van der Waals surface area contributed by atoms with Gasteiger partial charge in [0.25, 0.3) is 0 Å². The van der Waals surface area contributed by atoms with Crippen LogP contribution in [0.4, 0.5) is 0 Å². The van der Waals surface area contributed by atoms with Crippen LogP contribution in [0.1, 0.15) is 24.6 Å². The van der Waals surface area contributed by atoms with Gasteiger partial charge in [0, 0.05) is 30.1 Å². The minimum Gasteiger partial charge on any atom is -0.307 e. The Balaban J connectivity index is 2.58. The van der Waals surface area contributed by atoms with Gasteiger partial charge in [-0.1, -0.05) is 18.2 Å². The average Bonchev–Trinajstić information content (AvgIpc) is 2.87. The standard InChI is InChI=1S/C15H21N5/c1-4-8-15(14-12-19-20-13(14)3)16-10-6-7-11-18-17-9-5-2/h4-6,8,10-12,17H,2,7,9H2,1,3H3,(H,19,20)/b8-4+,10-6+,16-15-,18-11-. The van der Waals surface area contributed by atoms with Crippen LogP contribution < -0.4 is 5.43 Å². The Morgan fingerprint density at radius 3 is 3.05 bits per heavy atom. The van der Waals surface area contributed by atoms with E-state index in [9.17, 15) is 0 Å². The van der Waals surface area contributed by atoms with E-state index in [0.717, 1.165) is 23.4 Å². The van der Waals surface area contributed by atoms with Crippen molar-refractivity contribution >= 4 is 11.9 Å². The lowest BCUT2D eigenvalue weighted by atomic mass is 10.1. The first-order valence-corrected chi connectivity index (χ1v) is 6.50. The Labute approximate surface area is 119 Å². The molecule has 0 aliphatic rings. The van der Waals surface area contributed by atoms with Gasteiger partial charge in [-0.2, -0.15) is 10.2 Å². The quantitative estimate of drug-likeness (QED) is 0.330. The van der Waals surface area contributed by atoms with E-state index in [1.165, 1.54) is 0 Å². The van der Waals surface area contributed by atoms with Crippen molar-refractivity contribution in [2.45, 2.75) is 20.3 Å². The molecule has 0 aromatic carbocycles. The number of nitrogens with one attached hydrogen (secondary N) is 2. The number of rotatable bonds is 8. The zero-order chi connectivity index (χ0) is 14.6. The maximum Gasteiger partial charge on any atom is 0.0732 e. The van der Waals surface area contributed by atoms with Gasteiger partial charge in [-0.25, -0.2) is 0 Å². The zero-order valence-electron chi connectivity index (χ0n) is 12.0. The molecule has 0 bridgehead atoms. The second kappa shape index (κ2) is 9.49. The molecular formula is C15H21N5. The van der Waals surface area contributed by atoms with Gasteiger partial charge < -0.3 is 5.43 Å². The molecule has 0 spiro atoms. The van der Waals surface area contributed by atoms with Crippen LogP contribution in [0.3, 0.4) is 0 Å². The highest BCUT2D eigenvalue weighted by Crippen LogP contribution is 2.06. The fraction of sp³-hybridized carbons (Fsp3) is 0.267. The lowest BCUT2D eigenvalue weighted by molar-refractivity contribution is 0.829. The number of aromatic nitrogens is 2. The summed E-state index contributed by atoms with van der Waals surface area (Å²) < 4.78 is 0. The number of allylic oxidation sites excluding steroid dienone is 3. The highest BCUT2D eigenvalue weighted by molar-refractivity contribution is 6.09. The molecule has 0 aliphatic heterocycles. The van der Waals surface area contributed by atoms with Crippen molar-refractivity contribution < 1.29 is 0 Å². The summed E-state index contributed by atoms with van der Waals surface area (Å²) in [6, 6.07) is 0. The van der Waals surface area contributed by atoms with Crippen LogP contribution in [0.5, 0.6) is 0 Å². The predicted octanol–water partition coefficient (Wildman–Crippen LogP) is 2.75. The number of hydrogen-bond donors (Lipinski definition) is 2. The smallest absolute Gasteiger partial charge is 0.0732 e. The van der Waals surface area contributed by atoms with Gasteiger partial charge >= 0.3 is 0 Å². The third-order valence-corrected chi connectivity index (χ3v) is 2.41. The van der Waals surface area contributed by atoms with Crippen molar-refractivity contribution in [2.24, 2.45) is 10.1 Å². The zero-order valence-corrected chi connectivity index (χ0v) is 12.0. The van der Waals surface area contributed by atoms with Crippen LogP contribution in [0.2, 0.25) is 0 Å². The summed E-state index contributed by atoms with van der Waals surface area (Å²) in [6.07, 6.45) is 13.7. The summed E-state index contributed by atoms with van der Waals surface area (Å²) in [5.41, 5.74) is 5.74. The van der Waals surface area contributed by atoms with Crippen LogP contribution in [0, 0.1) is 6.92 Å². The summed E-state index contributed by atoms with van der Waals surface area (Å²) >= 11 is 0. The Morgan fingerprint density at radius 2 is 2.40 bits per heavy atom. The number of aromatic amines is 1. The van der Waals surface area contributed by atoms with Crippen LogP contribution in [0.25, 0.3) is 0 Å². The number of hydrazone groups is 1. The van der Waals surface area contributed by atoms with E-state index in [1.807, 2.05) is 32.1 Å². The molecule has 0 saturated heterocycles. The van der Waals surface area contributed by atoms with E-state index >= 15 is 0 Å². The van der Waals surface area contributed by atoms with Crippen LogP contribution >= 0.6 is 0 Å². The predicted molar refractivity (Wildman–Crippen MR) is 85.1 cm³/mol. The second-order valence-corrected chi connectivity index (χ2v) is 4.01. The first-order valence-electron chi connectivity index (χ1n) is 6.50. The van der Waals surface area contributed by atoms with Crippen molar-refractivity contribution in [1.82, 2.24) is 15.6 Å². The highest BCUT2D eigenvalue weighted by atomic mass is 15.3. The van der Waals surface area contributed by atoms with Gasteiger partial charge in [-0.05, 0) is 19.9 Å². The summed E-state index contributed by atoms with van der Waals surface area (Å²) in [6.45, 7) is 8.20. The molecule has 1 aromatic heterocycles. The van der Waals surface area contributed by atoms with Crippen molar-refractivity contribution in [3.05, 3.63) is 54.5 Å². The largest absolute Gasteiger partial charge is 0.307 e. The minimum atomic E-state index is 0.670. The molecule has 1 rings (SSSR count). The van der Waals surface area contributed by atoms with E-state index in [0.29, 0.717) is 6.54 Å². The average molecular weight is 271 g/mol. The Bertz CT molecular complexity index is 520. The fourth-order valence-corrected chi connectivity index (χ4v) is 1.46. The molecule has 0 fully saturated rings. The number of hydrogen-bond acceptors (Lipinski definition) is 4. The fourth-order valence-electron chi connectivity index (χ4n) is 1.46. The first kappa shape index (κ1) is 15.6. The molecular weight excluding hydrogens is 250 g/mol. The topological polar surface area (TPSA) is 65.4 Å². The molecule has 1 aromatic rings. The van der Waals surface area contributed by atoms with Crippen LogP contribution in [-0.2, 0) is 0 Å².